The van der Waals surface area contributed by atoms with Crippen LogP contribution in [-0.4, -0.2) is 60.8 Å². The van der Waals surface area contributed by atoms with Crippen molar-refractivity contribution in [3.8, 4) is 0 Å². The molecule has 2 aliphatic rings. The first kappa shape index (κ1) is 34.0. The van der Waals surface area contributed by atoms with Gasteiger partial charge in [0.2, 0.25) is 0 Å². The average Bonchev–Trinajstić information content (AvgIpc) is 2.81. The van der Waals surface area contributed by atoms with Crippen LogP contribution in [0, 0.1) is 11.8 Å². The summed E-state index contributed by atoms with van der Waals surface area (Å²) in [5.41, 5.74) is -0.396. The third-order valence-electron chi connectivity index (χ3n) is 8.74. The number of halogens is 1. The number of unbranched alkanes of at least 4 members (excludes halogenated alkanes) is 12. The molecule has 2 aliphatic heterocycles. The van der Waals surface area contributed by atoms with Gasteiger partial charge in [-0.3, -0.25) is 0 Å². The summed E-state index contributed by atoms with van der Waals surface area (Å²) in [5, 5.41) is 0. The number of hydrogen-bond donors (Lipinski definition) is 0. The highest BCUT2D eigenvalue weighted by atomic mass is 127. The van der Waals surface area contributed by atoms with Crippen molar-refractivity contribution in [1.29, 1.82) is 0 Å². The van der Waals surface area contributed by atoms with Gasteiger partial charge in [0.05, 0.1) is 26.7 Å². The van der Waals surface area contributed by atoms with E-state index >= 15 is 0 Å². The van der Waals surface area contributed by atoms with Crippen molar-refractivity contribution in [2.45, 2.75) is 142 Å². The van der Waals surface area contributed by atoms with Gasteiger partial charge in [-0.15, -0.1) is 0 Å². The Morgan fingerprint density at radius 2 is 1.17 bits per heavy atom. The van der Waals surface area contributed by atoms with Gasteiger partial charge in [0.25, 0.3) is 0 Å². The number of hydrogen-bond acceptors (Lipinski definition) is 2. The first-order valence-electron chi connectivity index (χ1n) is 15.5. The molecule has 0 aliphatic carbocycles. The van der Waals surface area contributed by atoms with E-state index in [1.54, 1.807) is 0 Å². The molecule has 0 radical (unpaired) electrons. The van der Waals surface area contributed by atoms with E-state index in [4.69, 9.17) is 4.74 Å². The summed E-state index contributed by atoms with van der Waals surface area (Å²) in [5.74, 6) is 1.67. The molecule has 2 fully saturated rings. The summed E-state index contributed by atoms with van der Waals surface area (Å²) in [6.07, 6.45) is 23.7. The van der Waals surface area contributed by atoms with E-state index in [1.165, 1.54) is 120 Å². The summed E-state index contributed by atoms with van der Waals surface area (Å²) >= 11 is 0. The minimum absolute atomic E-state index is 0. The molecule has 0 unspecified atom stereocenters. The molecule has 2 rings (SSSR count). The van der Waals surface area contributed by atoms with Crippen molar-refractivity contribution in [3.63, 3.8) is 0 Å². The topological polar surface area (TPSA) is 29.5 Å². The zero-order chi connectivity index (χ0) is 25.6. The van der Waals surface area contributed by atoms with Crippen molar-refractivity contribution in [3.05, 3.63) is 0 Å². The van der Waals surface area contributed by atoms with Crippen LogP contribution in [0.1, 0.15) is 137 Å². The molecule has 2 saturated heterocycles. The van der Waals surface area contributed by atoms with Gasteiger partial charge in [-0.05, 0) is 71.1 Å². The summed E-state index contributed by atoms with van der Waals surface area (Å²) in [4.78, 5) is 14.3. The number of amides is 1. The van der Waals surface area contributed by atoms with Gasteiger partial charge in [0.15, 0.2) is 0 Å². The second-order valence-electron chi connectivity index (χ2n) is 13.2. The van der Waals surface area contributed by atoms with Crippen molar-refractivity contribution in [2.75, 3.05) is 39.8 Å². The fourth-order valence-electron chi connectivity index (χ4n) is 6.30. The predicted molar refractivity (Wildman–Crippen MR) is 150 cm³/mol. The molecular weight excluding hydrogens is 559 g/mol. The Labute approximate surface area is 242 Å². The molecule has 0 spiro atoms. The van der Waals surface area contributed by atoms with Crippen molar-refractivity contribution >= 4 is 6.09 Å². The lowest BCUT2D eigenvalue weighted by atomic mass is 9.78. The Morgan fingerprint density at radius 3 is 1.61 bits per heavy atom. The molecule has 0 aromatic carbocycles. The second kappa shape index (κ2) is 18.3. The number of nitrogens with zero attached hydrogens (tertiary/aromatic N) is 2. The van der Waals surface area contributed by atoms with Crippen LogP contribution >= 0.6 is 0 Å². The van der Waals surface area contributed by atoms with E-state index in [2.05, 4.69) is 14.0 Å². The van der Waals surface area contributed by atoms with Crippen molar-refractivity contribution in [1.82, 2.24) is 4.90 Å². The molecule has 1 amide bonds. The van der Waals surface area contributed by atoms with Gasteiger partial charge in [-0.2, -0.15) is 0 Å². The maximum atomic E-state index is 12.3. The minimum atomic E-state index is -0.396. The first-order valence-corrected chi connectivity index (χ1v) is 15.5. The van der Waals surface area contributed by atoms with Crippen molar-refractivity contribution < 1.29 is 38.0 Å². The highest BCUT2D eigenvalue weighted by Crippen LogP contribution is 2.34. The summed E-state index contributed by atoms with van der Waals surface area (Å²) in [6, 6.07) is 0. The highest BCUT2D eigenvalue weighted by Gasteiger charge is 2.36. The van der Waals surface area contributed by atoms with Crippen LogP contribution < -0.4 is 24.0 Å². The molecule has 0 saturated carbocycles. The third kappa shape index (κ3) is 14.2. The van der Waals surface area contributed by atoms with E-state index in [9.17, 15) is 4.79 Å². The summed E-state index contributed by atoms with van der Waals surface area (Å²) in [6.45, 7) is 14.0. The summed E-state index contributed by atoms with van der Waals surface area (Å²) in [7, 11) is 2.50. The van der Waals surface area contributed by atoms with Crippen molar-refractivity contribution in [2.24, 2.45) is 11.8 Å². The second-order valence-corrected chi connectivity index (χ2v) is 13.2. The molecular formula is C31H61IN2O2. The van der Waals surface area contributed by atoms with Gasteiger partial charge in [0.1, 0.15) is 5.60 Å². The van der Waals surface area contributed by atoms with E-state index in [0.717, 1.165) is 37.8 Å². The Balaban J connectivity index is 0.00000648. The predicted octanol–water partition coefficient (Wildman–Crippen LogP) is 5.59. The lowest BCUT2D eigenvalue weighted by molar-refractivity contribution is -0.915. The molecule has 5 heteroatoms. The van der Waals surface area contributed by atoms with Crippen LogP contribution in [0.5, 0.6) is 0 Å². The number of piperidine rings is 2. The lowest BCUT2D eigenvalue weighted by Gasteiger charge is -2.44. The van der Waals surface area contributed by atoms with E-state index in [-0.39, 0.29) is 30.1 Å². The summed E-state index contributed by atoms with van der Waals surface area (Å²) < 4.78 is 6.87. The van der Waals surface area contributed by atoms with Crippen LogP contribution in [0.2, 0.25) is 0 Å². The number of likely N-dealkylation sites (tertiary alicyclic amines) is 2. The molecule has 0 bridgehead atoms. The molecule has 0 aromatic heterocycles. The SMILES string of the molecule is CCCCCCCCCCCCCCC[N+]1(C)CCC(C2CCN(C(=O)OC(C)(C)C)CC2)CC1.[I-]. The average molecular weight is 621 g/mol. The number of rotatable bonds is 15. The quantitative estimate of drug-likeness (QED) is 0.136. The highest BCUT2D eigenvalue weighted by molar-refractivity contribution is 5.68. The largest absolute Gasteiger partial charge is 1.00 e. The maximum Gasteiger partial charge on any atom is 0.410 e. The Bertz CT molecular complexity index is 561. The number of carbonyl (C=O) groups is 1. The molecule has 0 atom stereocenters. The normalized spacial score (nSPS) is 23.4. The van der Waals surface area contributed by atoms with Gasteiger partial charge in [-0.25, -0.2) is 4.79 Å². The maximum absolute atomic E-state index is 12.3. The fraction of sp³-hybridized carbons (Fsp3) is 0.968. The van der Waals surface area contributed by atoms with Crippen LogP contribution in [0.15, 0.2) is 0 Å². The molecule has 0 N–H and O–H groups in total. The fourth-order valence-corrected chi connectivity index (χ4v) is 6.30. The van der Waals surface area contributed by atoms with E-state index < -0.39 is 5.60 Å². The van der Waals surface area contributed by atoms with Gasteiger partial charge < -0.3 is 38.1 Å². The first-order chi connectivity index (χ1) is 16.7. The minimum Gasteiger partial charge on any atom is -1.00 e. The monoisotopic (exact) mass is 620 g/mol. The molecule has 4 nitrogen and oxygen atoms in total. The molecule has 0 aromatic rings. The number of ether oxygens (including phenoxy) is 1. The smallest absolute Gasteiger partial charge is 0.410 e. The Morgan fingerprint density at radius 1 is 0.750 bits per heavy atom. The van der Waals surface area contributed by atoms with Crippen LogP contribution in [0.4, 0.5) is 4.79 Å². The molecule has 2 heterocycles. The standard InChI is InChI=1S/C31H61N2O2.HI/c1-6-7-8-9-10-11-12-13-14-15-16-17-18-25-33(5)26-21-29(22-27-33)28-19-23-32(24-20-28)30(34)35-31(2,3)4;/h28-29H,6-27H2,1-5H3;1H/q+1;/p-1. The van der Waals surface area contributed by atoms with Crippen LogP contribution in [0.3, 0.4) is 0 Å². The third-order valence-corrected chi connectivity index (χ3v) is 8.74. The van der Waals surface area contributed by atoms with Gasteiger partial charge in [0, 0.05) is 13.1 Å². The lowest BCUT2D eigenvalue weighted by Crippen LogP contribution is -3.00. The van der Waals surface area contributed by atoms with Crippen LogP contribution in [0.25, 0.3) is 0 Å². The zero-order valence-corrected chi connectivity index (χ0v) is 27.0. The van der Waals surface area contributed by atoms with E-state index in [0.29, 0.717) is 0 Å². The number of quaternary nitrogens is 1. The van der Waals surface area contributed by atoms with Gasteiger partial charge in [-0.1, -0.05) is 77.6 Å². The molecule has 36 heavy (non-hydrogen) atoms. The zero-order valence-electron chi connectivity index (χ0n) is 24.8. The van der Waals surface area contributed by atoms with Crippen LogP contribution in [-0.2, 0) is 4.74 Å². The Hall–Kier alpha value is -0.0400. The van der Waals surface area contributed by atoms with E-state index in [1.807, 2.05) is 25.7 Å². The number of carbonyl (C=O) groups excluding carboxylic acids is 1. The Kier molecular flexibility index (Phi) is 17.3. The van der Waals surface area contributed by atoms with Gasteiger partial charge >= 0.3 is 6.09 Å². The molecule has 214 valence electrons.